The molecule has 0 radical (unpaired) electrons. The molecule has 0 saturated heterocycles. The first-order valence-electron chi connectivity index (χ1n) is 6.77. The fourth-order valence-corrected chi connectivity index (χ4v) is 2.44. The number of anilines is 2. The Morgan fingerprint density at radius 1 is 1.19 bits per heavy atom. The molecule has 1 aliphatic rings. The predicted molar refractivity (Wildman–Crippen MR) is 84.7 cm³/mol. The van der Waals surface area contributed by atoms with Crippen LogP contribution in [0.2, 0.25) is 0 Å². The second kappa shape index (κ2) is 5.42. The van der Waals surface area contributed by atoms with Crippen molar-refractivity contribution >= 4 is 28.9 Å². The second-order valence-corrected chi connectivity index (χ2v) is 5.00. The van der Waals surface area contributed by atoms with E-state index in [0.717, 1.165) is 28.1 Å². The number of aliphatic hydroxyl groups is 1. The minimum atomic E-state index is -0.697. The summed E-state index contributed by atoms with van der Waals surface area (Å²) in [5.41, 5.74) is 4.52. The number of hydrogen-bond donors (Lipinski definition) is 3. The molecule has 0 aromatic heterocycles. The van der Waals surface area contributed by atoms with Gasteiger partial charge in [-0.05, 0) is 29.8 Å². The Kier molecular flexibility index (Phi) is 3.46. The fraction of sp³-hybridized carbons (Fsp3) is 0.118. The van der Waals surface area contributed by atoms with E-state index in [2.05, 4.69) is 10.6 Å². The minimum absolute atomic E-state index is 0.0922. The van der Waals surface area contributed by atoms with Gasteiger partial charge in [0.05, 0.1) is 0 Å². The molecule has 1 atom stereocenters. The summed E-state index contributed by atoms with van der Waals surface area (Å²) in [6, 6.07) is 15.3. The third-order valence-electron chi connectivity index (χ3n) is 3.38. The van der Waals surface area contributed by atoms with Crippen molar-refractivity contribution in [2.45, 2.75) is 13.2 Å². The van der Waals surface area contributed by atoms with Gasteiger partial charge in [0.2, 0.25) is 5.91 Å². The van der Waals surface area contributed by atoms with Crippen molar-refractivity contribution in [2.24, 2.45) is 0 Å². The molecule has 0 bridgehead atoms. The van der Waals surface area contributed by atoms with E-state index >= 15 is 0 Å². The first-order chi connectivity index (χ1) is 10.1. The second-order valence-electron chi connectivity index (χ2n) is 5.00. The molecule has 4 heteroatoms. The molecule has 2 aromatic carbocycles. The van der Waals surface area contributed by atoms with Crippen LogP contribution >= 0.6 is 0 Å². The van der Waals surface area contributed by atoms with Crippen LogP contribution < -0.4 is 10.6 Å². The molecule has 106 valence electrons. The zero-order valence-electron chi connectivity index (χ0n) is 11.6. The lowest BCUT2D eigenvalue weighted by Gasteiger charge is -2.06. The number of nitrogens with one attached hydrogen (secondary N) is 2. The third kappa shape index (κ3) is 2.80. The lowest BCUT2D eigenvalue weighted by atomic mass is 10.0. The third-order valence-corrected chi connectivity index (χ3v) is 3.38. The molecule has 21 heavy (non-hydrogen) atoms. The SMILES string of the molecule is CC(=O)Nc1ccc(/C=C2/c3ccccc3NC2O)cc1. The highest BCUT2D eigenvalue weighted by Gasteiger charge is 2.23. The maximum atomic E-state index is 11.0. The van der Waals surface area contributed by atoms with Crippen LogP contribution in [0.1, 0.15) is 18.1 Å². The van der Waals surface area contributed by atoms with Crippen molar-refractivity contribution in [1.82, 2.24) is 0 Å². The zero-order chi connectivity index (χ0) is 14.8. The van der Waals surface area contributed by atoms with E-state index in [1.165, 1.54) is 6.92 Å². The molecule has 3 N–H and O–H groups in total. The van der Waals surface area contributed by atoms with Gasteiger partial charge in [-0.15, -0.1) is 0 Å². The van der Waals surface area contributed by atoms with Gasteiger partial charge in [-0.2, -0.15) is 0 Å². The van der Waals surface area contributed by atoms with Gasteiger partial charge in [-0.3, -0.25) is 4.79 Å². The van der Waals surface area contributed by atoms with Gasteiger partial charge in [0, 0.05) is 29.4 Å². The predicted octanol–water partition coefficient (Wildman–Crippen LogP) is 2.93. The summed E-state index contributed by atoms with van der Waals surface area (Å²) in [6.45, 7) is 1.48. The van der Waals surface area contributed by atoms with Gasteiger partial charge in [0.25, 0.3) is 0 Å². The number of aliphatic hydroxyl groups excluding tert-OH is 1. The quantitative estimate of drug-likeness (QED) is 0.792. The van der Waals surface area contributed by atoms with Gasteiger partial charge in [-0.25, -0.2) is 0 Å². The van der Waals surface area contributed by atoms with Crippen LogP contribution in [-0.4, -0.2) is 17.2 Å². The molecular formula is C17H16N2O2. The maximum absolute atomic E-state index is 11.0. The largest absolute Gasteiger partial charge is 0.369 e. The Morgan fingerprint density at radius 3 is 2.62 bits per heavy atom. The number of hydrogen-bond acceptors (Lipinski definition) is 3. The van der Waals surface area contributed by atoms with Crippen molar-refractivity contribution in [1.29, 1.82) is 0 Å². The van der Waals surface area contributed by atoms with Gasteiger partial charge in [0.15, 0.2) is 6.23 Å². The summed E-state index contributed by atoms with van der Waals surface area (Å²) in [5.74, 6) is -0.0922. The van der Waals surface area contributed by atoms with E-state index in [4.69, 9.17) is 0 Å². The minimum Gasteiger partial charge on any atom is -0.369 e. The number of benzene rings is 2. The molecule has 1 amide bonds. The van der Waals surface area contributed by atoms with E-state index in [0.29, 0.717) is 0 Å². The standard InChI is InChI=1S/C17H16N2O2/c1-11(20)18-13-8-6-12(7-9-13)10-15-14-4-2-3-5-16(14)19-17(15)21/h2-10,17,19,21H,1H3,(H,18,20)/b15-10-. The average molecular weight is 280 g/mol. The molecule has 0 spiro atoms. The average Bonchev–Trinajstić information content (AvgIpc) is 2.77. The molecule has 1 heterocycles. The normalized spacial score (nSPS) is 18.2. The highest BCUT2D eigenvalue weighted by atomic mass is 16.3. The van der Waals surface area contributed by atoms with Gasteiger partial charge >= 0.3 is 0 Å². The van der Waals surface area contributed by atoms with E-state index in [-0.39, 0.29) is 5.91 Å². The van der Waals surface area contributed by atoms with Crippen molar-refractivity contribution in [3.05, 3.63) is 59.7 Å². The Bertz CT molecular complexity index is 705. The van der Waals surface area contributed by atoms with Crippen LogP contribution in [0.15, 0.2) is 48.5 Å². The van der Waals surface area contributed by atoms with E-state index in [9.17, 15) is 9.90 Å². The van der Waals surface area contributed by atoms with Crippen LogP contribution in [0, 0.1) is 0 Å². The van der Waals surface area contributed by atoms with E-state index < -0.39 is 6.23 Å². The Balaban J connectivity index is 1.90. The number of para-hydroxylation sites is 1. The summed E-state index contributed by atoms with van der Waals surface area (Å²) in [6.07, 6.45) is 1.25. The number of rotatable bonds is 2. The lowest BCUT2D eigenvalue weighted by Crippen LogP contribution is -2.12. The Labute approximate surface area is 123 Å². The van der Waals surface area contributed by atoms with Crippen molar-refractivity contribution in [3.63, 3.8) is 0 Å². The Hall–Kier alpha value is -2.59. The summed E-state index contributed by atoms with van der Waals surface area (Å²) in [4.78, 5) is 11.0. The highest BCUT2D eigenvalue weighted by Crippen LogP contribution is 2.35. The van der Waals surface area contributed by atoms with Crippen LogP contribution in [0.4, 0.5) is 11.4 Å². The Morgan fingerprint density at radius 2 is 1.90 bits per heavy atom. The topological polar surface area (TPSA) is 61.4 Å². The summed E-state index contributed by atoms with van der Waals surface area (Å²) < 4.78 is 0. The summed E-state index contributed by atoms with van der Waals surface area (Å²) in [7, 11) is 0. The van der Waals surface area contributed by atoms with Crippen LogP contribution in [0.5, 0.6) is 0 Å². The first-order valence-corrected chi connectivity index (χ1v) is 6.77. The van der Waals surface area contributed by atoms with Gasteiger partial charge in [-0.1, -0.05) is 30.3 Å². The molecule has 3 rings (SSSR count). The molecular weight excluding hydrogens is 264 g/mol. The first kappa shape index (κ1) is 13.4. The number of fused-ring (bicyclic) bond motifs is 1. The smallest absolute Gasteiger partial charge is 0.221 e. The van der Waals surface area contributed by atoms with Crippen LogP contribution in [0.3, 0.4) is 0 Å². The van der Waals surface area contributed by atoms with Crippen molar-refractivity contribution in [3.8, 4) is 0 Å². The summed E-state index contributed by atoms with van der Waals surface area (Å²) >= 11 is 0. The molecule has 0 fully saturated rings. The van der Waals surface area contributed by atoms with Crippen molar-refractivity contribution < 1.29 is 9.90 Å². The molecule has 1 aliphatic heterocycles. The van der Waals surface area contributed by atoms with Crippen molar-refractivity contribution in [2.75, 3.05) is 10.6 Å². The fourth-order valence-electron chi connectivity index (χ4n) is 2.44. The monoisotopic (exact) mass is 280 g/mol. The lowest BCUT2D eigenvalue weighted by molar-refractivity contribution is -0.114. The number of carbonyl (C=O) groups is 1. The highest BCUT2D eigenvalue weighted by molar-refractivity contribution is 5.94. The molecule has 2 aromatic rings. The van der Waals surface area contributed by atoms with Gasteiger partial charge in [0.1, 0.15) is 0 Å². The molecule has 0 aliphatic carbocycles. The molecule has 0 saturated carbocycles. The van der Waals surface area contributed by atoms with Crippen LogP contribution in [0.25, 0.3) is 11.6 Å². The van der Waals surface area contributed by atoms with E-state index in [1.807, 2.05) is 54.6 Å². The van der Waals surface area contributed by atoms with E-state index in [1.54, 1.807) is 0 Å². The molecule has 1 unspecified atom stereocenters. The maximum Gasteiger partial charge on any atom is 0.221 e. The van der Waals surface area contributed by atoms with Crippen LogP contribution in [-0.2, 0) is 4.79 Å². The van der Waals surface area contributed by atoms with Gasteiger partial charge < -0.3 is 15.7 Å². The number of carbonyl (C=O) groups excluding carboxylic acids is 1. The number of amides is 1. The molecule has 4 nitrogen and oxygen atoms in total. The summed E-state index contributed by atoms with van der Waals surface area (Å²) in [5, 5.41) is 15.9. The zero-order valence-corrected chi connectivity index (χ0v) is 11.6.